The Kier molecular flexibility index (Phi) is 14.0. The Hall–Kier alpha value is -0.530. The van der Waals surface area contributed by atoms with E-state index >= 15 is 0 Å². The van der Waals surface area contributed by atoms with Gasteiger partial charge in [0, 0.05) is 26.1 Å². The highest BCUT2D eigenvalue weighted by molar-refractivity contribution is 14.0. The van der Waals surface area contributed by atoms with Crippen LogP contribution >= 0.6 is 24.0 Å². The first kappa shape index (κ1) is 23.7. The summed E-state index contributed by atoms with van der Waals surface area (Å²) < 4.78 is 5.27. The molecule has 0 aliphatic carbocycles. The van der Waals surface area contributed by atoms with Crippen molar-refractivity contribution in [1.82, 2.24) is 10.6 Å². The number of hydrogen-bond donors (Lipinski definition) is 2. The summed E-state index contributed by atoms with van der Waals surface area (Å²) in [6, 6.07) is 0.380. The Morgan fingerprint density at radius 2 is 1.73 bits per heavy atom. The molecule has 5 nitrogen and oxygen atoms in total. The lowest BCUT2D eigenvalue weighted by Gasteiger charge is -2.19. The summed E-state index contributed by atoms with van der Waals surface area (Å²) in [5, 5.41) is 6.52. The molecule has 0 spiro atoms. The SMILES string of the molecule is CN=C(NCCCCCCC(=O)OC(C)(C)C)NC(C)C.I. The van der Waals surface area contributed by atoms with Gasteiger partial charge in [-0.15, -0.1) is 24.0 Å². The maximum Gasteiger partial charge on any atom is 0.306 e. The molecule has 0 aliphatic rings. The van der Waals surface area contributed by atoms with Gasteiger partial charge in [-0.3, -0.25) is 9.79 Å². The van der Waals surface area contributed by atoms with Crippen molar-refractivity contribution in [3.8, 4) is 0 Å². The standard InChI is InChI=1S/C16H33N3O2.HI/c1-13(2)19-15(17-6)18-12-10-8-7-9-11-14(20)21-16(3,4)5;/h13H,7-12H2,1-6H3,(H2,17,18,19);1H. The zero-order valence-corrected chi connectivity index (χ0v) is 17.3. The van der Waals surface area contributed by atoms with E-state index in [1.54, 1.807) is 7.05 Å². The Morgan fingerprint density at radius 3 is 2.23 bits per heavy atom. The molecule has 0 aliphatic heterocycles. The smallest absolute Gasteiger partial charge is 0.306 e. The highest BCUT2D eigenvalue weighted by atomic mass is 127. The summed E-state index contributed by atoms with van der Waals surface area (Å²) in [6.07, 6.45) is 4.65. The number of carbonyl (C=O) groups is 1. The number of nitrogens with zero attached hydrogens (tertiary/aromatic N) is 1. The lowest BCUT2D eigenvalue weighted by molar-refractivity contribution is -0.154. The van der Waals surface area contributed by atoms with Crippen LogP contribution in [0.4, 0.5) is 0 Å². The van der Waals surface area contributed by atoms with Crippen molar-refractivity contribution in [2.75, 3.05) is 13.6 Å². The minimum atomic E-state index is -0.375. The lowest BCUT2D eigenvalue weighted by atomic mass is 10.1. The fourth-order valence-corrected chi connectivity index (χ4v) is 1.82. The summed E-state index contributed by atoms with van der Waals surface area (Å²) in [5.74, 6) is 0.751. The van der Waals surface area contributed by atoms with E-state index in [1.807, 2.05) is 20.8 Å². The van der Waals surface area contributed by atoms with Gasteiger partial charge in [0.2, 0.25) is 0 Å². The Bertz CT molecular complexity index is 326. The average molecular weight is 427 g/mol. The minimum Gasteiger partial charge on any atom is -0.460 e. The molecule has 6 heteroatoms. The van der Waals surface area contributed by atoms with Crippen molar-refractivity contribution in [1.29, 1.82) is 0 Å². The number of esters is 1. The first-order valence-electron chi connectivity index (χ1n) is 7.93. The molecule has 0 amide bonds. The highest BCUT2D eigenvalue weighted by Gasteiger charge is 2.15. The topological polar surface area (TPSA) is 62.7 Å². The lowest BCUT2D eigenvalue weighted by Crippen LogP contribution is -2.41. The highest BCUT2D eigenvalue weighted by Crippen LogP contribution is 2.10. The summed E-state index contributed by atoms with van der Waals surface area (Å²) >= 11 is 0. The number of unbranched alkanes of at least 4 members (excludes halogenated alkanes) is 3. The summed E-state index contributed by atoms with van der Waals surface area (Å²) in [7, 11) is 1.78. The van der Waals surface area contributed by atoms with Gasteiger partial charge in [0.05, 0.1) is 0 Å². The van der Waals surface area contributed by atoms with Crippen LogP contribution in [0.15, 0.2) is 4.99 Å². The molecule has 2 N–H and O–H groups in total. The van der Waals surface area contributed by atoms with E-state index in [0.29, 0.717) is 12.5 Å². The zero-order valence-electron chi connectivity index (χ0n) is 15.0. The van der Waals surface area contributed by atoms with Crippen LogP contribution in [0.5, 0.6) is 0 Å². The minimum absolute atomic E-state index is 0. The van der Waals surface area contributed by atoms with E-state index in [2.05, 4.69) is 29.5 Å². The third kappa shape index (κ3) is 15.9. The van der Waals surface area contributed by atoms with Crippen molar-refractivity contribution in [2.45, 2.75) is 78.4 Å². The predicted octanol–water partition coefficient (Wildman–Crippen LogP) is 3.47. The Balaban J connectivity index is 0. The Labute approximate surface area is 153 Å². The number of ether oxygens (including phenoxy) is 1. The molecule has 0 aromatic carbocycles. The molecule has 0 fully saturated rings. The molecule has 0 saturated heterocycles. The molecule has 0 radical (unpaired) electrons. The fraction of sp³-hybridized carbons (Fsp3) is 0.875. The molecule has 0 aromatic heterocycles. The molecule has 132 valence electrons. The molecule has 0 aromatic rings. The molecule has 0 bridgehead atoms. The van der Waals surface area contributed by atoms with E-state index < -0.39 is 0 Å². The number of hydrogen-bond acceptors (Lipinski definition) is 3. The van der Waals surface area contributed by atoms with Crippen LogP contribution < -0.4 is 10.6 Å². The molecular weight excluding hydrogens is 393 g/mol. The number of carbonyl (C=O) groups excluding carboxylic acids is 1. The summed E-state index contributed by atoms with van der Waals surface area (Å²) in [5.41, 5.74) is -0.375. The van der Waals surface area contributed by atoms with Crippen LogP contribution in [-0.2, 0) is 9.53 Å². The van der Waals surface area contributed by atoms with Crippen molar-refractivity contribution in [3.05, 3.63) is 0 Å². The number of halogens is 1. The van der Waals surface area contributed by atoms with E-state index in [0.717, 1.165) is 38.2 Å². The molecular formula is C16H34IN3O2. The third-order valence-corrected chi connectivity index (χ3v) is 2.67. The van der Waals surface area contributed by atoms with Crippen LogP contribution in [0.25, 0.3) is 0 Å². The summed E-state index contributed by atoms with van der Waals surface area (Å²) in [4.78, 5) is 15.7. The van der Waals surface area contributed by atoms with Gasteiger partial charge in [0.1, 0.15) is 5.60 Å². The van der Waals surface area contributed by atoms with Crippen LogP contribution in [0.2, 0.25) is 0 Å². The molecule has 0 atom stereocenters. The van der Waals surface area contributed by atoms with Gasteiger partial charge in [0.15, 0.2) is 5.96 Å². The molecule has 0 unspecified atom stereocenters. The summed E-state index contributed by atoms with van der Waals surface area (Å²) in [6.45, 7) is 10.8. The quantitative estimate of drug-likeness (QED) is 0.205. The second-order valence-electron chi connectivity index (χ2n) is 6.55. The molecule has 0 heterocycles. The van der Waals surface area contributed by atoms with Gasteiger partial charge in [-0.1, -0.05) is 12.8 Å². The van der Waals surface area contributed by atoms with E-state index in [1.165, 1.54) is 0 Å². The van der Waals surface area contributed by atoms with Crippen LogP contribution in [0.1, 0.15) is 66.7 Å². The number of rotatable bonds is 8. The van der Waals surface area contributed by atoms with Crippen molar-refractivity contribution >= 4 is 35.9 Å². The van der Waals surface area contributed by atoms with Gasteiger partial charge in [-0.05, 0) is 47.5 Å². The second-order valence-corrected chi connectivity index (χ2v) is 6.55. The predicted molar refractivity (Wildman–Crippen MR) is 104 cm³/mol. The molecule has 22 heavy (non-hydrogen) atoms. The van der Waals surface area contributed by atoms with Crippen LogP contribution in [0, 0.1) is 0 Å². The maximum atomic E-state index is 11.5. The first-order chi connectivity index (χ1) is 9.74. The number of nitrogens with one attached hydrogen (secondary N) is 2. The van der Waals surface area contributed by atoms with Crippen molar-refractivity contribution in [3.63, 3.8) is 0 Å². The number of aliphatic imine (C=N–C) groups is 1. The van der Waals surface area contributed by atoms with Crippen molar-refractivity contribution in [2.24, 2.45) is 4.99 Å². The van der Waals surface area contributed by atoms with Crippen LogP contribution in [-0.4, -0.2) is 37.2 Å². The normalized spacial score (nSPS) is 11.9. The average Bonchev–Trinajstić information content (AvgIpc) is 2.33. The van der Waals surface area contributed by atoms with E-state index in [4.69, 9.17) is 4.74 Å². The van der Waals surface area contributed by atoms with Gasteiger partial charge in [-0.25, -0.2) is 0 Å². The van der Waals surface area contributed by atoms with E-state index in [9.17, 15) is 4.79 Å². The molecule has 0 saturated carbocycles. The molecule has 0 rings (SSSR count). The van der Waals surface area contributed by atoms with Crippen molar-refractivity contribution < 1.29 is 9.53 Å². The van der Waals surface area contributed by atoms with Gasteiger partial charge in [-0.2, -0.15) is 0 Å². The largest absolute Gasteiger partial charge is 0.460 e. The number of guanidine groups is 1. The Morgan fingerprint density at radius 1 is 1.14 bits per heavy atom. The van der Waals surface area contributed by atoms with E-state index in [-0.39, 0.29) is 35.5 Å². The second kappa shape index (κ2) is 13.0. The van der Waals surface area contributed by atoms with Crippen LogP contribution in [0.3, 0.4) is 0 Å². The zero-order chi connectivity index (χ0) is 16.3. The van der Waals surface area contributed by atoms with Gasteiger partial charge >= 0.3 is 5.97 Å². The van der Waals surface area contributed by atoms with Gasteiger partial charge < -0.3 is 15.4 Å². The monoisotopic (exact) mass is 427 g/mol. The third-order valence-electron chi connectivity index (χ3n) is 2.67. The van der Waals surface area contributed by atoms with Gasteiger partial charge in [0.25, 0.3) is 0 Å². The first-order valence-corrected chi connectivity index (χ1v) is 7.93. The maximum absolute atomic E-state index is 11.5. The fourth-order valence-electron chi connectivity index (χ4n) is 1.82.